The van der Waals surface area contributed by atoms with Gasteiger partial charge in [-0.3, -0.25) is 4.79 Å². The first-order valence-electron chi connectivity index (χ1n) is 11.6. The van der Waals surface area contributed by atoms with Gasteiger partial charge in [-0.15, -0.1) is 0 Å². The maximum atomic E-state index is 11.7. The first-order valence-corrected chi connectivity index (χ1v) is 13.3. The summed E-state index contributed by atoms with van der Waals surface area (Å²) in [6.45, 7) is 35.8. The average Bonchev–Trinajstić information content (AvgIpc) is 2.27. The molecule has 1 amide bonds. The summed E-state index contributed by atoms with van der Waals surface area (Å²) in [5.41, 5.74) is -0.0831. The fourth-order valence-corrected chi connectivity index (χ4v) is 4.01. The van der Waals surface area contributed by atoms with E-state index in [1.165, 1.54) is 0 Å². The van der Waals surface area contributed by atoms with E-state index in [0.29, 0.717) is 0 Å². The fraction of sp³-hybridized carbons (Fsp3) is 0.962. The lowest BCUT2D eigenvalue weighted by atomic mass is 9.94. The van der Waals surface area contributed by atoms with E-state index in [1.54, 1.807) is 20.8 Å². The van der Waals surface area contributed by atoms with Gasteiger partial charge in [-0.25, -0.2) is 8.42 Å². The Bertz CT molecular complexity index is 641. The van der Waals surface area contributed by atoms with Gasteiger partial charge in [-0.05, 0) is 88.5 Å². The van der Waals surface area contributed by atoms with E-state index in [-0.39, 0.29) is 39.1 Å². The smallest absolute Gasteiger partial charge is 0.225 e. The second-order valence-corrected chi connectivity index (χ2v) is 17.8. The van der Waals surface area contributed by atoms with Crippen molar-refractivity contribution in [2.45, 2.75) is 146 Å². The quantitative estimate of drug-likeness (QED) is 0.459. The lowest BCUT2D eigenvalue weighted by Gasteiger charge is -2.31. The van der Waals surface area contributed by atoms with Gasteiger partial charge in [0.05, 0.1) is 10.5 Å². The molecular weight excluding hydrogens is 420 g/mol. The van der Waals surface area contributed by atoms with Gasteiger partial charge >= 0.3 is 0 Å². The molecular formula is C26H58N2O3S. The number of sulfone groups is 1. The Labute approximate surface area is 202 Å². The summed E-state index contributed by atoms with van der Waals surface area (Å²) in [5.74, 6) is 0.355. The third kappa shape index (κ3) is 24.0. The van der Waals surface area contributed by atoms with Gasteiger partial charge in [0.2, 0.25) is 5.91 Å². The monoisotopic (exact) mass is 478 g/mol. The number of hydrogen-bond acceptors (Lipinski definition) is 4. The van der Waals surface area contributed by atoms with Crippen LogP contribution in [0.5, 0.6) is 0 Å². The minimum Gasteiger partial charge on any atom is -0.351 e. The minimum absolute atomic E-state index is 0.102. The van der Waals surface area contributed by atoms with E-state index in [9.17, 15) is 13.2 Å². The Kier molecular flexibility index (Phi) is 13.1. The van der Waals surface area contributed by atoms with Crippen LogP contribution >= 0.6 is 0 Å². The van der Waals surface area contributed by atoms with Gasteiger partial charge < -0.3 is 10.6 Å². The van der Waals surface area contributed by atoms with E-state index in [0.717, 1.165) is 0 Å². The highest BCUT2D eigenvalue weighted by molar-refractivity contribution is 7.92. The second-order valence-electron chi connectivity index (χ2n) is 15.0. The normalized spacial score (nSPS) is 13.9. The van der Waals surface area contributed by atoms with Crippen molar-refractivity contribution in [3.8, 4) is 0 Å². The molecule has 0 saturated carbocycles. The molecule has 0 heterocycles. The summed E-state index contributed by atoms with van der Waals surface area (Å²) in [6.07, 6.45) is 0. The van der Waals surface area contributed by atoms with Crippen LogP contribution in [0, 0.1) is 10.8 Å². The highest BCUT2D eigenvalue weighted by Gasteiger charge is 2.32. The van der Waals surface area contributed by atoms with Crippen LogP contribution in [-0.2, 0) is 14.6 Å². The summed E-state index contributed by atoms with van der Waals surface area (Å²) < 4.78 is 22.7. The van der Waals surface area contributed by atoms with Gasteiger partial charge in [-0.1, -0.05) is 41.5 Å². The van der Waals surface area contributed by atoms with Gasteiger partial charge in [0, 0.05) is 22.0 Å². The molecule has 0 atom stereocenters. The van der Waals surface area contributed by atoms with Crippen LogP contribution in [0.25, 0.3) is 0 Å². The Morgan fingerprint density at radius 2 is 0.906 bits per heavy atom. The molecule has 0 aromatic rings. The zero-order valence-electron chi connectivity index (χ0n) is 24.8. The summed E-state index contributed by atoms with van der Waals surface area (Å²) in [7, 11) is -2.96. The maximum Gasteiger partial charge on any atom is 0.225 e. The summed E-state index contributed by atoms with van der Waals surface area (Å²) in [4.78, 5) is 11.4. The summed E-state index contributed by atoms with van der Waals surface area (Å²) in [6, 6.07) is 0. The molecule has 2 N–H and O–H groups in total. The van der Waals surface area contributed by atoms with Gasteiger partial charge in [0.1, 0.15) is 0 Å². The van der Waals surface area contributed by atoms with E-state index in [2.05, 4.69) is 52.2 Å². The number of carbonyl (C=O) groups excluding carboxylic acids is 1. The Hall–Kier alpha value is -0.620. The van der Waals surface area contributed by atoms with E-state index < -0.39 is 14.6 Å². The number of hydrogen-bond donors (Lipinski definition) is 2. The van der Waals surface area contributed by atoms with Crippen LogP contribution in [0.15, 0.2) is 0 Å². The number of carbonyl (C=O) groups is 1. The van der Waals surface area contributed by atoms with Gasteiger partial charge in [-0.2, -0.15) is 0 Å². The summed E-state index contributed by atoms with van der Waals surface area (Å²) in [5, 5.41) is 6.38. The lowest BCUT2D eigenvalue weighted by Crippen LogP contribution is -2.48. The Morgan fingerprint density at radius 3 is 0.969 bits per heavy atom. The lowest BCUT2D eigenvalue weighted by molar-refractivity contribution is -0.130. The first kappa shape index (κ1) is 36.0. The molecule has 32 heavy (non-hydrogen) atoms. The predicted molar refractivity (Wildman–Crippen MR) is 143 cm³/mol. The Balaban J connectivity index is -0.000000398. The molecule has 0 radical (unpaired) electrons. The van der Waals surface area contributed by atoms with E-state index >= 15 is 0 Å². The molecule has 0 spiro atoms. The highest BCUT2D eigenvalue weighted by Crippen LogP contribution is 2.24. The molecule has 0 fully saturated rings. The van der Waals surface area contributed by atoms with Crippen LogP contribution in [0.2, 0.25) is 0 Å². The molecule has 0 unspecified atom stereocenters. The van der Waals surface area contributed by atoms with Crippen LogP contribution in [0.4, 0.5) is 0 Å². The molecule has 0 aliphatic rings. The molecule has 0 bridgehead atoms. The zero-order chi connectivity index (χ0) is 27.2. The van der Waals surface area contributed by atoms with Crippen LogP contribution in [-0.4, -0.2) is 41.4 Å². The Morgan fingerprint density at radius 1 is 0.594 bits per heavy atom. The van der Waals surface area contributed by atoms with Crippen molar-refractivity contribution in [3.63, 3.8) is 0 Å². The SMILES string of the molecule is CC(C)(C)CS(=O)(=O)C(C)(C)C.CC(C)(C)NC(=O)C(C)(C)C.CC(C)(C)NC(C)(C)C. The number of nitrogens with one attached hydrogen (secondary N) is 2. The third-order valence-corrected chi connectivity index (χ3v) is 6.59. The average molecular weight is 479 g/mol. The number of rotatable bonds is 1. The molecule has 196 valence electrons. The molecule has 0 saturated heterocycles. The highest BCUT2D eigenvalue weighted by atomic mass is 32.2. The van der Waals surface area contributed by atoms with Crippen LogP contribution in [0.1, 0.15) is 125 Å². The zero-order valence-corrected chi connectivity index (χ0v) is 25.7. The molecule has 0 aliphatic carbocycles. The van der Waals surface area contributed by atoms with Crippen molar-refractivity contribution in [1.82, 2.24) is 10.6 Å². The molecule has 0 aromatic carbocycles. The van der Waals surface area contributed by atoms with Gasteiger partial charge in [0.25, 0.3) is 0 Å². The van der Waals surface area contributed by atoms with Crippen LogP contribution in [0.3, 0.4) is 0 Å². The predicted octanol–water partition coefficient (Wildman–Crippen LogP) is 6.37. The molecule has 0 rings (SSSR count). The second kappa shape index (κ2) is 11.7. The minimum atomic E-state index is -2.96. The molecule has 0 aliphatic heterocycles. The molecule has 6 heteroatoms. The fourth-order valence-electron chi connectivity index (χ4n) is 2.44. The number of amides is 1. The van der Waals surface area contributed by atoms with Crippen LogP contribution < -0.4 is 10.6 Å². The van der Waals surface area contributed by atoms with Gasteiger partial charge in [0.15, 0.2) is 9.84 Å². The van der Waals surface area contributed by atoms with Crippen molar-refractivity contribution < 1.29 is 13.2 Å². The molecule has 5 nitrogen and oxygen atoms in total. The molecule has 0 aromatic heterocycles. The third-order valence-electron chi connectivity index (χ3n) is 3.48. The van der Waals surface area contributed by atoms with Crippen molar-refractivity contribution >= 4 is 15.7 Å². The maximum absolute atomic E-state index is 11.7. The standard InChI is InChI=1S/C9H19NO.C9H20O2S.C8H19N/c1-8(2,3)7(11)10-9(4,5)6;1-8(2,3)7-12(10,11)9(4,5)6;1-7(2,3)9-8(4,5)6/h1-6H3,(H,10,11);7H2,1-6H3;9H,1-6H3. The first-order chi connectivity index (χ1) is 13.3. The van der Waals surface area contributed by atoms with Crippen molar-refractivity contribution in [1.29, 1.82) is 0 Å². The van der Waals surface area contributed by atoms with Crippen molar-refractivity contribution in [2.75, 3.05) is 5.75 Å². The van der Waals surface area contributed by atoms with E-state index in [1.807, 2.05) is 62.3 Å². The van der Waals surface area contributed by atoms with Crippen molar-refractivity contribution in [2.24, 2.45) is 10.8 Å². The summed E-state index contributed by atoms with van der Waals surface area (Å²) >= 11 is 0. The largest absolute Gasteiger partial charge is 0.351 e. The topological polar surface area (TPSA) is 75.3 Å². The van der Waals surface area contributed by atoms with Crippen molar-refractivity contribution in [3.05, 3.63) is 0 Å². The van der Waals surface area contributed by atoms with E-state index in [4.69, 9.17) is 0 Å².